The van der Waals surface area contributed by atoms with Gasteiger partial charge in [-0.15, -0.1) is 0 Å². The Kier molecular flexibility index (Phi) is 6.55. The molecular formula is C23H34N2O6S. The van der Waals surface area contributed by atoms with Crippen LogP contribution in [0.1, 0.15) is 50.5 Å². The Labute approximate surface area is 189 Å². The van der Waals surface area contributed by atoms with Crippen molar-refractivity contribution in [1.29, 1.82) is 0 Å². The largest absolute Gasteiger partial charge is 0.493 e. The molecule has 1 aromatic rings. The fourth-order valence-electron chi connectivity index (χ4n) is 6.78. The minimum atomic E-state index is -3.92. The van der Waals surface area contributed by atoms with Crippen molar-refractivity contribution in [2.45, 2.75) is 62.9 Å². The molecule has 4 aliphatic rings. The Morgan fingerprint density at radius 1 is 1.25 bits per heavy atom. The molecule has 1 aromatic carbocycles. The lowest BCUT2D eigenvalue weighted by Crippen LogP contribution is -2.63. The molecule has 8 nitrogen and oxygen atoms in total. The maximum absolute atomic E-state index is 11.0. The molecule has 32 heavy (non-hydrogen) atoms. The van der Waals surface area contributed by atoms with Gasteiger partial charge in [0, 0.05) is 11.0 Å². The van der Waals surface area contributed by atoms with E-state index in [0.29, 0.717) is 31.4 Å². The lowest BCUT2D eigenvalue weighted by molar-refractivity contribution is -0.138. The summed E-state index contributed by atoms with van der Waals surface area (Å²) >= 11 is 0. The maximum Gasteiger partial charge on any atom is 0.320 e. The summed E-state index contributed by atoms with van der Waals surface area (Å²) in [5.41, 5.74) is 6.65. The molecule has 0 spiro atoms. The Balaban J connectivity index is 1.38. The molecule has 0 amide bonds. The van der Waals surface area contributed by atoms with Gasteiger partial charge < -0.3 is 20.9 Å². The second-order valence-electron chi connectivity index (χ2n) is 10.4. The Morgan fingerprint density at radius 3 is 2.62 bits per heavy atom. The van der Waals surface area contributed by atoms with E-state index in [1.165, 1.54) is 6.42 Å². The van der Waals surface area contributed by atoms with Crippen molar-refractivity contribution in [3.8, 4) is 5.75 Å². The molecular weight excluding hydrogens is 432 g/mol. The van der Waals surface area contributed by atoms with Crippen molar-refractivity contribution in [1.82, 2.24) is 5.32 Å². The third-order valence-corrected chi connectivity index (χ3v) is 8.28. The van der Waals surface area contributed by atoms with E-state index in [2.05, 4.69) is 5.32 Å². The highest BCUT2D eigenvalue weighted by Crippen LogP contribution is 2.61. The molecule has 4 fully saturated rings. The number of rotatable bonds is 11. The molecule has 3 atom stereocenters. The molecule has 0 radical (unpaired) electrons. The van der Waals surface area contributed by atoms with E-state index >= 15 is 0 Å². The van der Waals surface area contributed by atoms with Crippen LogP contribution in [0.2, 0.25) is 0 Å². The number of carboxylic acid groups (broad SMARTS) is 1. The number of nitrogens with one attached hydrogen (secondary N) is 1. The fourth-order valence-corrected chi connectivity index (χ4v) is 7.29. The first kappa shape index (κ1) is 23.5. The SMILES string of the molecule is N[C@@H](Cc1cccc(OCC23CC4CC(C2)CC(NCCCS(=O)(=O)O)(C4)C3)c1)C(=O)O. The standard InChI is InChI=1S/C23H34N2O6S/c24-20(21(26)27)9-16-3-1-4-19(8-16)31-15-22-10-17-7-18(11-22)13-23(12-17,14-22)25-5-2-6-32(28,29)30/h1,3-4,8,17-18,20,25H,2,5-7,9-15,24H2,(H,26,27)(H,28,29,30)/t17?,18?,20-,22?,23?/m0/s1. The van der Waals surface area contributed by atoms with Gasteiger partial charge in [-0.05, 0) is 87.4 Å². The van der Waals surface area contributed by atoms with Gasteiger partial charge in [-0.2, -0.15) is 8.42 Å². The van der Waals surface area contributed by atoms with E-state index in [4.69, 9.17) is 20.1 Å². The number of carbonyl (C=O) groups is 1. The first-order valence-electron chi connectivity index (χ1n) is 11.5. The first-order chi connectivity index (χ1) is 15.1. The number of nitrogens with two attached hydrogens (primary N) is 1. The van der Waals surface area contributed by atoms with Crippen molar-refractivity contribution in [3.63, 3.8) is 0 Å². The number of hydrogen-bond acceptors (Lipinski definition) is 6. The van der Waals surface area contributed by atoms with Crippen LogP contribution in [0.5, 0.6) is 5.75 Å². The van der Waals surface area contributed by atoms with Crippen LogP contribution in [-0.4, -0.2) is 54.5 Å². The summed E-state index contributed by atoms with van der Waals surface area (Å²) in [5, 5.41) is 12.7. The molecule has 4 aliphatic carbocycles. The van der Waals surface area contributed by atoms with Crippen LogP contribution in [0.15, 0.2) is 24.3 Å². The summed E-state index contributed by atoms with van der Waals surface area (Å²) in [6, 6.07) is 6.59. The number of benzene rings is 1. The van der Waals surface area contributed by atoms with Crippen LogP contribution in [0.25, 0.3) is 0 Å². The highest BCUT2D eigenvalue weighted by Gasteiger charge is 2.57. The highest BCUT2D eigenvalue weighted by molar-refractivity contribution is 7.85. The number of hydrogen-bond donors (Lipinski definition) is 4. The summed E-state index contributed by atoms with van der Waals surface area (Å²) in [7, 11) is -3.92. The molecule has 0 aliphatic heterocycles. The molecule has 178 valence electrons. The van der Waals surface area contributed by atoms with Crippen molar-refractivity contribution >= 4 is 16.1 Å². The predicted molar refractivity (Wildman–Crippen MR) is 120 cm³/mol. The fraction of sp³-hybridized carbons (Fsp3) is 0.696. The zero-order chi connectivity index (χ0) is 23.0. The van der Waals surface area contributed by atoms with E-state index in [-0.39, 0.29) is 23.1 Å². The summed E-state index contributed by atoms with van der Waals surface area (Å²) in [4.78, 5) is 11.0. The monoisotopic (exact) mass is 466 g/mol. The van der Waals surface area contributed by atoms with Crippen LogP contribution in [0, 0.1) is 17.3 Å². The molecule has 4 saturated carbocycles. The normalized spacial score (nSPS) is 32.1. The molecule has 5 rings (SSSR count). The highest BCUT2D eigenvalue weighted by atomic mass is 32.2. The molecule has 2 unspecified atom stereocenters. The van der Waals surface area contributed by atoms with Gasteiger partial charge >= 0.3 is 5.97 Å². The van der Waals surface area contributed by atoms with E-state index in [1.807, 2.05) is 24.3 Å². The topological polar surface area (TPSA) is 139 Å². The van der Waals surface area contributed by atoms with E-state index in [9.17, 15) is 13.2 Å². The maximum atomic E-state index is 11.0. The van der Waals surface area contributed by atoms with Crippen molar-refractivity contribution in [2.75, 3.05) is 18.9 Å². The van der Waals surface area contributed by atoms with Gasteiger partial charge in [0.2, 0.25) is 0 Å². The van der Waals surface area contributed by atoms with E-state index < -0.39 is 22.1 Å². The summed E-state index contributed by atoms with van der Waals surface area (Å²) in [6.45, 7) is 1.21. The van der Waals surface area contributed by atoms with Gasteiger partial charge in [0.15, 0.2) is 0 Å². The van der Waals surface area contributed by atoms with Gasteiger partial charge in [0.1, 0.15) is 11.8 Å². The van der Waals surface area contributed by atoms with Crippen LogP contribution < -0.4 is 15.8 Å². The Morgan fingerprint density at radius 2 is 1.97 bits per heavy atom. The van der Waals surface area contributed by atoms with Gasteiger partial charge in [-0.1, -0.05) is 12.1 Å². The predicted octanol–water partition coefficient (Wildman–Crippen LogP) is 2.23. The molecule has 9 heteroatoms. The smallest absolute Gasteiger partial charge is 0.320 e. The Hall–Kier alpha value is -1.68. The second kappa shape index (κ2) is 8.93. The Bertz CT molecular complexity index is 936. The third kappa shape index (κ3) is 5.62. The van der Waals surface area contributed by atoms with Crippen molar-refractivity contribution < 1.29 is 27.6 Å². The zero-order valence-corrected chi connectivity index (χ0v) is 19.1. The number of ether oxygens (including phenoxy) is 1. The number of carboxylic acids is 1. The van der Waals surface area contributed by atoms with Gasteiger partial charge in [-0.3, -0.25) is 9.35 Å². The molecule has 5 N–H and O–H groups in total. The third-order valence-electron chi connectivity index (χ3n) is 7.48. The summed E-state index contributed by atoms with van der Waals surface area (Å²) < 4.78 is 37.3. The summed E-state index contributed by atoms with van der Waals surface area (Å²) in [5.74, 6) is 0.840. The molecule has 0 aromatic heterocycles. The van der Waals surface area contributed by atoms with Crippen LogP contribution in [0.3, 0.4) is 0 Å². The first-order valence-corrected chi connectivity index (χ1v) is 13.1. The number of aliphatic carboxylic acids is 1. The quantitative estimate of drug-likeness (QED) is 0.288. The van der Waals surface area contributed by atoms with Gasteiger partial charge in [0.25, 0.3) is 10.1 Å². The van der Waals surface area contributed by atoms with Gasteiger partial charge in [0.05, 0.1) is 12.4 Å². The van der Waals surface area contributed by atoms with Crippen LogP contribution >= 0.6 is 0 Å². The average Bonchev–Trinajstić information content (AvgIpc) is 2.68. The lowest BCUT2D eigenvalue weighted by atomic mass is 9.47. The minimum Gasteiger partial charge on any atom is -0.493 e. The lowest BCUT2D eigenvalue weighted by Gasteiger charge is -2.62. The zero-order valence-electron chi connectivity index (χ0n) is 18.3. The molecule has 4 bridgehead atoms. The van der Waals surface area contributed by atoms with Crippen molar-refractivity contribution in [3.05, 3.63) is 29.8 Å². The summed E-state index contributed by atoms with van der Waals surface area (Å²) in [6.07, 6.45) is 7.51. The molecule has 0 saturated heterocycles. The average molecular weight is 467 g/mol. The van der Waals surface area contributed by atoms with Gasteiger partial charge in [-0.25, -0.2) is 0 Å². The minimum absolute atomic E-state index is 0.0305. The van der Waals surface area contributed by atoms with Crippen LogP contribution in [0.4, 0.5) is 0 Å². The van der Waals surface area contributed by atoms with Crippen molar-refractivity contribution in [2.24, 2.45) is 23.0 Å². The van der Waals surface area contributed by atoms with E-state index in [0.717, 1.165) is 43.4 Å². The molecule has 0 heterocycles. The van der Waals surface area contributed by atoms with Crippen LogP contribution in [-0.2, 0) is 21.3 Å². The second-order valence-corrected chi connectivity index (χ2v) is 12.0. The van der Waals surface area contributed by atoms with E-state index in [1.54, 1.807) is 0 Å².